The van der Waals surface area contributed by atoms with E-state index in [1.165, 1.54) is 12.1 Å². The van der Waals surface area contributed by atoms with Crippen LogP contribution in [0.25, 0.3) is 0 Å². The van der Waals surface area contributed by atoms with Gasteiger partial charge < -0.3 is 15.3 Å². The number of hydrogen-bond donors (Lipinski definition) is 2. The third-order valence-corrected chi connectivity index (χ3v) is 3.54. The smallest absolute Gasteiger partial charge is 0.303 e. The number of oxime groups is 1. The summed E-state index contributed by atoms with van der Waals surface area (Å²) in [5.74, 6) is -1.66. The first-order valence-corrected chi connectivity index (χ1v) is 7.29. The van der Waals surface area contributed by atoms with Gasteiger partial charge in [-0.25, -0.2) is 4.39 Å². The monoisotopic (exact) mass is 322 g/mol. The molecule has 1 aromatic rings. The highest BCUT2D eigenvalue weighted by Crippen LogP contribution is 2.19. The van der Waals surface area contributed by atoms with Gasteiger partial charge in [-0.2, -0.15) is 0 Å². The number of carboxylic acids is 1. The lowest BCUT2D eigenvalue weighted by atomic mass is 9.97. The van der Waals surface area contributed by atoms with E-state index in [9.17, 15) is 14.0 Å². The molecule has 2 rings (SSSR count). The van der Waals surface area contributed by atoms with E-state index in [0.717, 1.165) is 0 Å². The van der Waals surface area contributed by atoms with E-state index in [-0.39, 0.29) is 24.6 Å². The summed E-state index contributed by atoms with van der Waals surface area (Å²) >= 11 is 0. The maximum absolute atomic E-state index is 13.2. The number of carboxylic acid groups (broad SMARTS) is 1. The Bertz CT molecular complexity index is 643. The second-order valence-corrected chi connectivity index (χ2v) is 6.11. The van der Waals surface area contributed by atoms with Crippen LogP contribution in [0.1, 0.15) is 38.7 Å². The lowest BCUT2D eigenvalue weighted by Gasteiger charge is -2.26. The van der Waals surface area contributed by atoms with Gasteiger partial charge in [-0.05, 0) is 32.4 Å². The standard InChI is InChI=1S/C16H19FN2O4/c1-16(2,7-6-14(20)21)18-15(22)13-9-12(19-23-13)10-4-3-5-11(17)8-10/h3-5,8,13H,6-7,9H2,1-2H3,(H,18,22)(H,20,21). The molecule has 2 N–H and O–H groups in total. The highest BCUT2D eigenvalue weighted by molar-refractivity contribution is 6.04. The van der Waals surface area contributed by atoms with Gasteiger partial charge in [0.25, 0.3) is 5.91 Å². The van der Waals surface area contributed by atoms with Crippen molar-refractivity contribution in [2.45, 2.75) is 44.8 Å². The van der Waals surface area contributed by atoms with Crippen molar-refractivity contribution in [2.24, 2.45) is 5.16 Å². The Balaban J connectivity index is 1.92. The van der Waals surface area contributed by atoms with E-state index in [1.54, 1.807) is 26.0 Å². The van der Waals surface area contributed by atoms with Crippen LogP contribution in [-0.2, 0) is 14.4 Å². The molecule has 0 radical (unpaired) electrons. The summed E-state index contributed by atoms with van der Waals surface area (Å²) < 4.78 is 13.2. The summed E-state index contributed by atoms with van der Waals surface area (Å²) in [5, 5.41) is 15.3. The van der Waals surface area contributed by atoms with Gasteiger partial charge in [0.1, 0.15) is 5.82 Å². The van der Waals surface area contributed by atoms with Crippen molar-refractivity contribution < 1.29 is 23.9 Å². The molecule has 1 aliphatic rings. The van der Waals surface area contributed by atoms with E-state index in [1.807, 2.05) is 0 Å². The number of nitrogens with zero attached hydrogens (tertiary/aromatic N) is 1. The third kappa shape index (κ3) is 4.77. The van der Waals surface area contributed by atoms with Crippen molar-refractivity contribution in [1.82, 2.24) is 5.32 Å². The predicted molar refractivity (Wildman–Crippen MR) is 81.5 cm³/mol. The average molecular weight is 322 g/mol. The van der Waals surface area contributed by atoms with Gasteiger partial charge >= 0.3 is 5.97 Å². The quantitative estimate of drug-likeness (QED) is 0.839. The molecule has 1 amide bonds. The van der Waals surface area contributed by atoms with E-state index in [4.69, 9.17) is 9.94 Å². The Labute approximate surface area is 133 Å². The Morgan fingerprint density at radius 3 is 2.87 bits per heavy atom. The van der Waals surface area contributed by atoms with Crippen LogP contribution in [0, 0.1) is 5.82 Å². The maximum atomic E-state index is 13.2. The summed E-state index contributed by atoms with van der Waals surface area (Å²) in [4.78, 5) is 28.0. The largest absolute Gasteiger partial charge is 0.481 e. The molecule has 1 unspecified atom stereocenters. The zero-order valence-corrected chi connectivity index (χ0v) is 13.0. The Kier molecular flexibility index (Phi) is 4.98. The van der Waals surface area contributed by atoms with Crippen molar-refractivity contribution in [3.05, 3.63) is 35.6 Å². The average Bonchev–Trinajstić information content (AvgIpc) is 2.95. The number of amides is 1. The molecule has 0 saturated heterocycles. The van der Waals surface area contributed by atoms with Gasteiger partial charge in [0.2, 0.25) is 6.10 Å². The van der Waals surface area contributed by atoms with Crippen LogP contribution in [0.4, 0.5) is 4.39 Å². The lowest BCUT2D eigenvalue weighted by Crippen LogP contribution is -2.48. The highest BCUT2D eigenvalue weighted by atomic mass is 19.1. The van der Waals surface area contributed by atoms with E-state index >= 15 is 0 Å². The fourth-order valence-electron chi connectivity index (χ4n) is 2.25. The zero-order valence-electron chi connectivity index (χ0n) is 13.0. The molecular weight excluding hydrogens is 303 g/mol. The molecular formula is C16H19FN2O4. The molecule has 0 saturated carbocycles. The van der Waals surface area contributed by atoms with Gasteiger partial charge in [0, 0.05) is 23.9 Å². The first-order chi connectivity index (χ1) is 10.8. The Morgan fingerprint density at radius 2 is 2.22 bits per heavy atom. The van der Waals surface area contributed by atoms with E-state index in [0.29, 0.717) is 17.7 Å². The minimum atomic E-state index is -0.916. The van der Waals surface area contributed by atoms with Gasteiger partial charge in [-0.1, -0.05) is 17.3 Å². The van der Waals surface area contributed by atoms with Crippen molar-refractivity contribution in [2.75, 3.05) is 0 Å². The molecule has 0 fully saturated rings. The first-order valence-electron chi connectivity index (χ1n) is 7.29. The van der Waals surface area contributed by atoms with Crippen LogP contribution >= 0.6 is 0 Å². The van der Waals surface area contributed by atoms with Crippen molar-refractivity contribution in [3.8, 4) is 0 Å². The fraction of sp³-hybridized carbons (Fsp3) is 0.438. The molecule has 0 spiro atoms. The molecule has 124 valence electrons. The number of carbonyl (C=O) groups is 2. The van der Waals surface area contributed by atoms with Gasteiger partial charge in [0.15, 0.2) is 0 Å². The van der Waals surface area contributed by atoms with Crippen LogP contribution in [-0.4, -0.2) is 34.3 Å². The molecule has 23 heavy (non-hydrogen) atoms. The van der Waals surface area contributed by atoms with Crippen LogP contribution in [0.15, 0.2) is 29.4 Å². The van der Waals surface area contributed by atoms with E-state index < -0.39 is 17.6 Å². The number of hydrogen-bond acceptors (Lipinski definition) is 4. The summed E-state index contributed by atoms with van der Waals surface area (Å²) in [6.45, 7) is 3.49. The summed E-state index contributed by atoms with van der Waals surface area (Å²) in [6, 6.07) is 5.92. The highest BCUT2D eigenvalue weighted by Gasteiger charge is 2.32. The van der Waals surface area contributed by atoms with Gasteiger partial charge in [-0.15, -0.1) is 0 Å². The van der Waals surface area contributed by atoms with Crippen molar-refractivity contribution in [1.29, 1.82) is 0 Å². The van der Waals surface area contributed by atoms with Crippen LogP contribution in [0.5, 0.6) is 0 Å². The summed E-state index contributed by atoms with van der Waals surface area (Å²) in [5.41, 5.74) is 0.416. The number of halogens is 1. The van der Waals surface area contributed by atoms with Gasteiger partial charge in [-0.3, -0.25) is 9.59 Å². The molecule has 1 heterocycles. The Morgan fingerprint density at radius 1 is 1.48 bits per heavy atom. The third-order valence-electron chi connectivity index (χ3n) is 3.54. The lowest BCUT2D eigenvalue weighted by molar-refractivity contribution is -0.138. The molecule has 0 aromatic heterocycles. The molecule has 0 aliphatic carbocycles. The fourth-order valence-corrected chi connectivity index (χ4v) is 2.25. The molecule has 1 aromatic carbocycles. The Hall–Kier alpha value is -2.44. The minimum Gasteiger partial charge on any atom is -0.481 e. The van der Waals surface area contributed by atoms with Crippen molar-refractivity contribution in [3.63, 3.8) is 0 Å². The topological polar surface area (TPSA) is 88.0 Å². The first kappa shape index (κ1) is 16.9. The molecule has 1 atom stereocenters. The number of rotatable bonds is 6. The SMILES string of the molecule is CC(C)(CCC(=O)O)NC(=O)C1CC(c2cccc(F)c2)=NO1. The minimum absolute atomic E-state index is 0.0379. The predicted octanol–water partition coefficient (Wildman–Crippen LogP) is 2.08. The second kappa shape index (κ2) is 6.76. The van der Waals surface area contributed by atoms with Gasteiger partial charge in [0.05, 0.1) is 5.71 Å². The molecule has 7 heteroatoms. The molecule has 1 aliphatic heterocycles. The number of nitrogens with one attached hydrogen (secondary N) is 1. The normalized spacial score (nSPS) is 17.3. The second-order valence-electron chi connectivity index (χ2n) is 6.11. The number of benzene rings is 1. The van der Waals surface area contributed by atoms with Crippen LogP contribution in [0.3, 0.4) is 0 Å². The zero-order chi connectivity index (χ0) is 17.0. The number of aliphatic carboxylic acids is 1. The van der Waals surface area contributed by atoms with Crippen LogP contribution < -0.4 is 5.32 Å². The summed E-state index contributed by atoms with van der Waals surface area (Å²) in [7, 11) is 0. The van der Waals surface area contributed by atoms with E-state index in [2.05, 4.69) is 10.5 Å². The van der Waals surface area contributed by atoms with Crippen molar-refractivity contribution >= 4 is 17.6 Å². The van der Waals surface area contributed by atoms with Crippen LogP contribution in [0.2, 0.25) is 0 Å². The summed E-state index contributed by atoms with van der Waals surface area (Å²) in [6.07, 6.45) is -0.288. The number of carbonyl (C=O) groups excluding carboxylic acids is 1. The molecule has 6 nitrogen and oxygen atoms in total. The maximum Gasteiger partial charge on any atom is 0.303 e. The molecule has 0 bridgehead atoms.